The Kier molecular flexibility index (Phi) is 4.94. The van der Waals surface area contributed by atoms with E-state index >= 15 is 0 Å². The van der Waals surface area contributed by atoms with E-state index in [9.17, 15) is 13.2 Å². The molecule has 1 fully saturated rings. The minimum atomic E-state index is -3.71. The Morgan fingerprint density at radius 2 is 1.81 bits per heavy atom. The predicted octanol–water partition coefficient (Wildman–Crippen LogP) is -0.304. The summed E-state index contributed by atoms with van der Waals surface area (Å²) in [5, 5.41) is 7.74. The van der Waals surface area contributed by atoms with Crippen LogP contribution in [0.4, 0.5) is 5.69 Å². The molecule has 0 unspecified atom stereocenters. The number of carbonyl (C=O) groups is 1. The Morgan fingerprint density at radius 1 is 1.24 bits per heavy atom. The molecule has 7 nitrogen and oxygen atoms in total. The van der Waals surface area contributed by atoms with Crippen molar-refractivity contribution in [3.63, 3.8) is 0 Å². The van der Waals surface area contributed by atoms with E-state index in [0.29, 0.717) is 12.2 Å². The van der Waals surface area contributed by atoms with Gasteiger partial charge in [0.15, 0.2) is 0 Å². The zero-order valence-electron chi connectivity index (χ0n) is 11.7. The van der Waals surface area contributed by atoms with Gasteiger partial charge in [-0.15, -0.1) is 0 Å². The van der Waals surface area contributed by atoms with Crippen LogP contribution in [0.5, 0.6) is 0 Å². The van der Waals surface area contributed by atoms with Crippen molar-refractivity contribution in [2.45, 2.75) is 23.8 Å². The molecular formula is C13H20N4O3S. The summed E-state index contributed by atoms with van der Waals surface area (Å²) in [6, 6.07) is 6.00. The van der Waals surface area contributed by atoms with E-state index in [1.807, 2.05) is 0 Å². The molecule has 0 saturated carbocycles. The summed E-state index contributed by atoms with van der Waals surface area (Å²) in [6.07, 6.45) is 1.80. The van der Waals surface area contributed by atoms with Crippen molar-refractivity contribution < 1.29 is 13.2 Å². The molecule has 116 valence electrons. The zero-order chi connectivity index (χ0) is 15.5. The highest BCUT2D eigenvalue weighted by Gasteiger charge is 2.18. The van der Waals surface area contributed by atoms with Gasteiger partial charge in [-0.2, -0.15) is 0 Å². The molecule has 1 aliphatic heterocycles. The minimum absolute atomic E-state index is 0.0190. The molecule has 0 spiro atoms. The van der Waals surface area contributed by atoms with E-state index < -0.39 is 10.0 Å². The van der Waals surface area contributed by atoms with Crippen LogP contribution in [0.3, 0.4) is 0 Å². The Bertz CT molecular complexity index is 592. The third kappa shape index (κ3) is 4.78. The number of hydrogen-bond donors (Lipinski definition) is 3. The number of primary sulfonamides is 1. The molecule has 0 aliphatic carbocycles. The van der Waals surface area contributed by atoms with E-state index in [0.717, 1.165) is 25.9 Å². The van der Waals surface area contributed by atoms with Crippen molar-refractivity contribution in [2.24, 2.45) is 10.9 Å². The van der Waals surface area contributed by atoms with E-state index in [4.69, 9.17) is 10.9 Å². The molecule has 0 bridgehead atoms. The normalized spacial score (nSPS) is 17.6. The average Bonchev–Trinajstić information content (AvgIpc) is 2.41. The van der Waals surface area contributed by atoms with Crippen molar-refractivity contribution in [3.8, 4) is 0 Å². The third-order valence-corrected chi connectivity index (χ3v) is 4.40. The van der Waals surface area contributed by atoms with Gasteiger partial charge in [0.25, 0.3) is 0 Å². The highest BCUT2D eigenvalue weighted by atomic mass is 32.2. The largest absolute Gasteiger partial charge is 0.328 e. The van der Waals surface area contributed by atoms with Gasteiger partial charge in [0.1, 0.15) is 0 Å². The Morgan fingerprint density at radius 3 is 2.33 bits per heavy atom. The Hall–Kier alpha value is -1.48. The first-order valence-electron chi connectivity index (χ1n) is 6.75. The smallest absolute Gasteiger partial charge is 0.238 e. The molecule has 0 radical (unpaired) electrons. The van der Waals surface area contributed by atoms with Crippen LogP contribution < -0.4 is 16.2 Å². The summed E-state index contributed by atoms with van der Waals surface area (Å²) in [5.74, 6) is -0.131. The second kappa shape index (κ2) is 6.52. The molecule has 1 aromatic carbocycles. The number of nitrogens with zero attached hydrogens (tertiary/aromatic N) is 1. The average molecular weight is 312 g/mol. The van der Waals surface area contributed by atoms with Crippen LogP contribution in [0.25, 0.3) is 0 Å². The number of nitrogens with two attached hydrogens (primary N) is 2. The van der Waals surface area contributed by atoms with Gasteiger partial charge in [-0.3, -0.25) is 9.69 Å². The number of sulfonamides is 1. The lowest BCUT2D eigenvalue weighted by Crippen LogP contribution is -2.43. The lowest BCUT2D eigenvalue weighted by atomic mass is 10.1. The lowest BCUT2D eigenvalue weighted by molar-refractivity contribution is -0.117. The molecule has 1 aromatic rings. The number of nitrogens with one attached hydrogen (secondary N) is 1. The first-order valence-corrected chi connectivity index (χ1v) is 8.30. The number of carbonyl (C=O) groups excluding carboxylic acids is 1. The monoisotopic (exact) mass is 312 g/mol. The number of rotatable bonds is 4. The van der Waals surface area contributed by atoms with Crippen LogP contribution in [-0.4, -0.2) is 44.9 Å². The molecule has 1 amide bonds. The van der Waals surface area contributed by atoms with Crippen LogP contribution in [0.15, 0.2) is 29.2 Å². The fourth-order valence-electron chi connectivity index (χ4n) is 2.24. The molecule has 8 heteroatoms. The summed E-state index contributed by atoms with van der Waals surface area (Å²) >= 11 is 0. The molecule has 0 atom stereocenters. The van der Waals surface area contributed by atoms with Gasteiger partial charge < -0.3 is 11.1 Å². The minimum Gasteiger partial charge on any atom is -0.328 e. The van der Waals surface area contributed by atoms with Crippen molar-refractivity contribution in [3.05, 3.63) is 24.3 Å². The molecule has 1 heterocycles. The maximum atomic E-state index is 11.9. The summed E-state index contributed by atoms with van der Waals surface area (Å²) in [4.78, 5) is 14.0. The third-order valence-electron chi connectivity index (χ3n) is 3.47. The Labute approximate surface area is 124 Å². The molecule has 21 heavy (non-hydrogen) atoms. The van der Waals surface area contributed by atoms with Crippen molar-refractivity contribution in [1.29, 1.82) is 0 Å². The maximum absolute atomic E-state index is 11.9. The van der Waals surface area contributed by atoms with Gasteiger partial charge in [0, 0.05) is 24.8 Å². The standard InChI is InChI=1S/C13H20N4O3S/c14-10-5-7-17(8-6-10)9-13(18)16-11-1-3-12(4-2-11)21(15,19)20/h1-4,10H,5-9,14H2,(H,16,18)(H2,15,19,20). The summed E-state index contributed by atoms with van der Waals surface area (Å²) in [6.45, 7) is 1.95. The van der Waals surface area contributed by atoms with Crippen molar-refractivity contribution in [1.82, 2.24) is 4.90 Å². The van der Waals surface area contributed by atoms with E-state index in [2.05, 4.69) is 10.2 Å². The van der Waals surface area contributed by atoms with Crippen LogP contribution in [0.2, 0.25) is 0 Å². The van der Waals surface area contributed by atoms with Crippen molar-refractivity contribution >= 4 is 21.6 Å². The number of anilines is 1. The van der Waals surface area contributed by atoms with Crippen LogP contribution in [0, 0.1) is 0 Å². The highest BCUT2D eigenvalue weighted by Crippen LogP contribution is 2.13. The lowest BCUT2D eigenvalue weighted by Gasteiger charge is -2.29. The zero-order valence-corrected chi connectivity index (χ0v) is 12.5. The quantitative estimate of drug-likeness (QED) is 0.705. The first kappa shape index (κ1) is 15.9. The van der Waals surface area contributed by atoms with Gasteiger partial charge in [0.05, 0.1) is 11.4 Å². The second-order valence-electron chi connectivity index (χ2n) is 5.23. The number of hydrogen-bond acceptors (Lipinski definition) is 5. The number of likely N-dealkylation sites (tertiary alicyclic amines) is 1. The molecule has 5 N–H and O–H groups in total. The van der Waals surface area contributed by atoms with Gasteiger partial charge in [0.2, 0.25) is 15.9 Å². The van der Waals surface area contributed by atoms with Gasteiger partial charge in [-0.05, 0) is 37.1 Å². The van der Waals surface area contributed by atoms with Gasteiger partial charge in [-0.1, -0.05) is 0 Å². The summed E-state index contributed by atoms with van der Waals surface area (Å²) < 4.78 is 22.3. The molecule has 0 aromatic heterocycles. The van der Waals surface area contributed by atoms with Gasteiger partial charge in [-0.25, -0.2) is 13.6 Å². The molecular weight excluding hydrogens is 292 g/mol. The number of benzene rings is 1. The van der Waals surface area contributed by atoms with Crippen LogP contribution >= 0.6 is 0 Å². The fourth-order valence-corrected chi connectivity index (χ4v) is 2.76. The Balaban J connectivity index is 1.88. The molecule has 1 aliphatic rings. The summed E-state index contributed by atoms with van der Waals surface area (Å²) in [7, 11) is -3.71. The first-order chi connectivity index (χ1) is 9.84. The molecule has 1 saturated heterocycles. The highest BCUT2D eigenvalue weighted by molar-refractivity contribution is 7.89. The number of amides is 1. The van der Waals surface area contributed by atoms with Crippen molar-refractivity contribution in [2.75, 3.05) is 25.0 Å². The second-order valence-corrected chi connectivity index (χ2v) is 6.79. The fraction of sp³-hybridized carbons (Fsp3) is 0.462. The van der Waals surface area contributed by atoms with Gasteiger partial charge >= 0.3 is 0 Å². The number of piperidine rings is 1. The predicted molar refractivity (Wildman–Crippen MR) is 80.1 cm³/mol. The summed E-state index contributed by atoms with van der Waals surface area (Å²) in [5.41, 5.74) is 6.36. The van der Waals surface area contributed by atoms with E-state index in [-0.39, 0.29) is 16.8 Å². The topological polar surface area (TPSA) is 119 Å². The maximum Gasteiger partial charge on any atom is 0.238 e. The SMILES string of the molecule is NC1CCN(CC(=O)Nc2ccc(S(N)(=O)=O)cc2)CC1. The van der Waals surface area contributed by atoms with Crippen LogP contribution in [-0.2, 0) is 14.8 Å². The van der Waals surface area contributed by atoms with E-state index in [1.54, 1.807) is 0 Å². The van der Waals surface area contributed by atoms with Crippen LogP contribution in [0.1, 0.15) is 12.8 Å². The molecule has 2 rings (SSSR count). The van der Waals surface area contributed by atoms with E-state index in [1.165, 1.54) is 24.3 Å².